The van der Waals surface area contributed by atoms with Gasteiger partial charge < -0.3 is 4.74 Å². The van der Waals surface area contributed by atoms with E-state index in [1.54, 1.807) is 18.2 Å². The molecule has 1 aromatic rings. The van der Waals surface area contributed by atoms with E-state index in [-0.39, 0.29) is 12.2 Å². The highest BCUT2D eigenvalue weighted by Gasteiger charge is 2.25. The summed E-state index contributed by atoms with van der Waals surface area (Å²) in [5.41, 5.74) is 0.374. The third-order valence-electron chi connectivity index (χ3n) is 2.07. The van der Waals surface area contributed by atoms with Crippen LogP contribution < -0.4 is 9.64 Å². The van der Waals surface area contributed by atoms with Crippen molar-refractivity contribution < 1.29 is 19.1 Å². The van der Waals surface area contributed by atoms with Crippen molar-refractivity contribution in [2.24, 2.45) is 0 Å². The second kappa shape index (κ2) is 3.98. The van der Waals surface area contributed by atoms with E-state index in [4.69, 9.17) is 0 Å². The van der Waals surface area contributed by atoms with Crippen LogP contribution in [0.15, 0.2) is 36.4 Å². The Balaban J connectivity index is 2.33. The van der Waals surface area contributed by atoms with Crippen molar-refractivity contribution in [3.8, 4) is 5.75 Å². The predicted octanol–water partition coefficient (Wildman–Crippen LogP) is 0.651. The molecule has 1 aliphatic heterocycles. The van der Waals surface area contributed by atoms with E-state index in [0.29, 0.717) is 5.69 Å². The molecule has 2 rings (SSSR count). The maximum atomic E-state index is 11.4. The fourth-order valence-corrected chi connectivity index (χ4v) is 1.41. The minimum atomic E-state index is -0.409. The quantitative estimate of drug-likeness (QED) is 0.551. The Labute approximate surface area is 90.9 Å². The predicted molar refractivity (Wildman–Crippen MR) is 54.8 cm³/mol. The molecule has 0 saturated heterocycles. The molecule has 1 aromatic carbocycles. The van der Waals surface area contributed by atoms with Crippen molar-refractivity contribution in [1.29, 1.82) is 0 Å². The Kier molecular flexibility index (Phi) is 2.51. The third-order valence-corrected chi connectivity index (χ3v) is 2.07. The Morgan fingerprint density at radius 2 is 1.81 bits per heavy atom. The monoisotopic (exact) mass is 217 g/mol. The molecule has 0 radical (unpaired) electrons. The summed E-state index contributed by atoms with van der Waals surface area (Å²) in [4.78, 5) is 33.9. The van der Waals surface area contributed by atoms with Gasteiger partial charge in [0, 0.05) is 18.2 Å². The number of imide groups is 1. The lowest BCUT2D eigenvalue weighted by Crippen LogP contribution is -2.29. The van der Waals surface area contributed by atoms with Gasteiger partial charge in [-0.3, -0.25) is 14.4 Å². The number of nitrogens with zero attached hydrogens (tertiary/aromatic N) is 1. The molecular formula is C11H7NO4. The summed E-state index contributed by atoms with van der Waals surface area (Å²) in [6.45, 7) is 0.283. The SMILES string of the molecule is O=COc1cccc(N2C(=O)C=CC2=O)c1. The zero-order valence-electron chi connectivity index (χ0n) is 8.12. The van der Waals surface area contributed by atoms with Gasteiger partial charge in [0.05, 0.1) is 5.69 Å². The summed E-state index contributed by atoms with van der Waals surface area (Å²) in [5, 5.41) is 0. The molecule has 2 amide bonds. The van der Waals surface area contributed by atoms with E-state index in [9.17, 15) is 14.4 Å². The second-order valence-electron chi connectivity index (χ2n) is 3.06. The van der Waals surface area contributed by atoms with Crippen molar-refractivity contribution in [2.45, 2.75) is 0 Å². The highest BCUT2D eigenvalue weighted by molar-refractivity contribution is 6.28. The van der Waals surface area contributed by atoms with E-state index in [1.807, 2.05) is 0 Å². The number of amides is 2. The van der Waals surface area contributed by atoms with Gasteiger partial charge in [-0.15, -0.1) is 0 Å². The van der Waals surface area contributed by atoms with Crippen LogP contribution in [0.3, 0.4) is 0 Å². The number of rotatable bonds is 3. The van der Waals surface area contributed by atoms with Crippen LogP contribution in [0, 0.1) is 0 Å². The molecule has 0 atom stereocenters. The summed E-state index contributed by atoms with van der Waals surface area (Å²) in [6, 6.07) is 6.17. The van der Waals surface area contributed by atoms with Gasteiger partial charge in [-0.25, -0.2) is 4.90 Å². The summed E-state index contributed by atoms with van der Waals surface area (Å²) < 4.78 is 4.63. The molecule has 5 heteroatoms. The highest BCUT2D eigenvalue weighted by Crippen LogP contribution is 2.23. The van der Waals surface area contributed by atoms with Crippen LogP contribution in [-0.4, -0.2) is 18.3 Å². The molecule has 0 aliphatic carbocycles. The highest BCUT2D eigenvalue weighted by atomic mass is 16.5. The van der Waals surface area contributed by atoms with E-state index >= 15 is 0 Å². The average molecular weight is 217 g/mol. The Bertz CT molecular complexity index is 475. The first-order chi connectivity index (χ1) is 7.72. The fraction of sp³-hybridized carbons (Fsp3) is 0. The van der Waals surface area contributed by atoms with Gasteiger partial charge in [0.2, 0.25) is 0 Å². The van der Waals surface area contributed by atoms with Crippen LogP contribution in [0.1, 0.15) is 0 Å². The smallest absolute Gasteiger partial charge is 0.298 e. The summed E-state index contributed by atoms with van der Waals surface area (Å²) in [7, 11) is 0. The molecule has 5 nitrogen and oxygen atoms in total. The first-order valence-corrected chi connectivity index (χ1v) is 4.49. The van der Waals surface area contributed by atoms with Crippen LogP contribution in [0.5, 0.6) is 5.75 Å². The number of carbonyl (C=O) groups is 3. The molecule has 0 unspecified atom stereocenters. The van der Waals surface area contributed by atoms with E-state index in [2.05, 4.69) is 4.74 Å². The molecule has 1 aliphatic rings. The third kappa shape index (κ3) is 1.70. The molecule has 80 valence electrons. The lowest BCUT2D eigenvalue weighted by molar-refractivity contribution is -0.121. The molecule has 0 saturated carbocycles. The van der Waals surface area contributed by atoms with Gasteiger partial charge in [-0.2, -0.15) is 0 Å². The van der Waals surface area contributed by atoms with Crippen molar-refractivity contribution in [3.63, 3.8) is 0 Å². The van der Waals surface area contributed by atoms with Gasteiger partial charge in [0.15, 0.2) is 0 Å². The van der Waals surface area contributed by atoms with Crippen LogP contribution >= 0.6 is 0 Å². The lowest BCUT2D eigenvalue weighted by atomic mass is 10.3. The number of hydrogen-bond donors (Lipinski definition) is 0. The summed E-state index contributed by atoms with van der Waals surface area (Å²) >= 11 is 0. The van der Waals surface area contributed by atoms with Crippen LogP contribution in [-0.2, 0) is 14.4 Å². The summed E-state index contributed by atoms with van der Waals surface area (Å²) in [5.74, 6) is -0.540. The Morgan fingerprint density at radius 3 is 2.44 bits per heavy atom. The molecule has 0 spiro atoms. The van der Waals surface area contributed by atoms with Gasteiger partial charge >= 0.3 is 0 Å². The average Bonchev–Trinajstić information content (AvgIpc) is 2.59. The van der Waals surface area contributed by atoms with Crippen molar-refractivity contribution in [2.75, 3.05) is 4.90 Å². The van der Waals surface area contributed by atoms with Crippen LogP contribution in [0.4, 0.5) is 5.69 Å². The zero-order valence-corrected chi connectivity index (χ0v) is 8.12. The number of ether oxygens (including phenoxy) is 1. The minimum absolute atomic E-state index is 0.278. The molecular weight excluding hydrogens is 210 g/mol. The molecule has 1 heterocycles. The van der Waals surface area contributed by atoms with Crippen molar-refractivity contribution in [3.05, 3.63) is 36.4 Å². The zero-order chi connectivity index (χ0) is 11.5. The topological polar surface area (TPSA) is 63.7 Å². The normalized spacial score (nSPS) is 14.4. The largest absolute Gasteiger partial charge is 0.429 e. The second-order valence-corrected chi connectivity index (χ2v) is 3.06. The first kappa shape index (κ1) is 10.1. The number of anilines is 1. The number of benzene rings is 1. The lowest BCUT2D eigenvalue weighted by Gasteiger charge is -2.13. The van der Waals surface area contributed by atoms with Gasteiger partial charge in [0.25, 0.3) is 18.3 Å². The first-order valence-electron chi connectivity index (χ1n) is 4.49. The number of carbonyl (C=O) groups excluding carboxylic acids is 3. The maximum absolute atomic E-state index is 11.4. The maximum Gasteiger partial charge on any atom is 0.298 e. The standard InChI is InChI=1S/C11H7NO4/c13-7-16-9-3-1-2-8(6-9)12-10(14)4-5-11(12)15/h1-7H. The molecule has 0 fully saturated rings. The van der Waals surface area contributed by atoms with Crippen LogP contribution in [0.2, 0.25) is 0 Å². The van der Waals surface area contributed by atoms with Crippen molar-refractivity contribution >= 4 is 24.0 Å². The molecule has 0 N–H and O–H groups in total. The van der Waals surface area contributed by atoms with E-state index in [0.717, 1.165) is 4.90 Å². The molecule has 16 heavy (non-hydrogen) atoms. The van der Waals surface area contributed by atoms with Crippen molar-refractivity contribution in [1.82, 2.24) is 0 Å². The Morgan fingerprint density at radius 1 is 1.12 bits per heavy atom. The van der Waals surface area contributed by atoms with Crippen LogP contribution in [0.25, 0.3) is 0 Å². The Hall–Kier alpha value is -2.43. The van der Waals surface area contributed by atoms with E-state index in [1.165, 1.54) is 18.2 Å². The van der Waals surface area contributed by atoms with Gasteiger partial charge in [-0.05, 0) is 12.1 Å². The molecule has 0 bridgehead atoms. The van der Waals surface area contributed by atoms with Gasteiger partial charge in [-0.1, -0.05) is 6.07 Å². The molecule has 0 aromatic heterocycles. The minimum Gasteiger partial charge on any atom is -0.429 e. The van der Waals surface area contributed by atoms with E-state index < -0.39 is 11.8 Å². The number of hydrogen-bond acceptors (Lipinski definition) is 4. The van der Waals surface area contributed by atoms with Gasteiger partial charge in [0.1, 0.15) is 5.75 Å². The fourth-order valence-electron chi connectivity index (χ4n) is 1.41. The summed E-state index contributed by atoms with van der Waals surface area (Å²) in [6.07, 6.45) is 2.38.